The lowest BCUT2D eigenvalue weighted by Gasteiger charge is -2.05. The van der Waals surface area contributed by atoms with Gasteiger partial charge in [0.1, 0.15) is 0 Å². The lowest BCUT2D eigenvalue weighted by molar-refractivity contribution is -0.139. The second-order valence-corrected chi connectivity index (χ2v) is 5.20. The highest BCUT2D eigenvalue weighted by atomic mass is 79.9. The monoisotopic (exact) mass is 332 g/mol. The van der Waals surface area contributed by atoms with E-state index in [0.717, 1.165) is 15.6 Å². The van der Waals surface area contributed by atoms with Crippen LogP contribution in [0, 0.1) is 0 Å². The summed E-state index contributed by atoms with van der Waals surface area (Å²) in [5, 5.41) is 0. The zero-order chi connectivity index (χ0) is 14.5. The Morgan fingerprint density at radius 1 is 0.950 bits per heavy atom. The number of hydrogen-bond acceptors (Lipinski definition) is 3. The van der Waals surface area contributed by atoms with Crippen LogP contribution in [-0.2, 0) is 9.53 Å². The molecule has 0 aromatic heterocycles. The lowest BCUT2D eigenvalue weighted by Crippen LogP contribution is -2.11. The molecule has 3 nitrogen and oxygen atoms in total. The minimum Gasteiger partial charge on any atom is -0.457 e. The Bertz CT molecular complexity index is 615. The summed E-state index contributed by atoms with van der Waals surface area (Å²) in [7, 11) is 0. The minimum absolute atomic E-state index is 0.206. The van der Waals surface area contributed by atoms with Gasteiger partial charge >= 0.3 is 5.97 Å². The van der Waals surface area contributed by atoms with Gasteiger partial charge in [0.25, 0.3) is 0 Å². The van der Waals surface area contributed by atoms with Crippen molar-refractivity contribution in [3.63, 3.8) is 0 Å². The topological polar surface area (TPSA) is 43.4 Å². The minimum atomic E-state index is -0.454. The highest BCUT2D eigenvalue weighted by Crippen LogP contribution is 2.22. The fraction of sp³-hybridized carbons (Fsp3) is 0.125. The van der Waals surface area contributed by atoms with E-state index < -0.39 is 5.97 Å². The predicted octanol–water partition coefficient (Wildman–Crippen LogP) is 3.86. The molecular formula is C16H13BrO3. The Hall–Kier alpha value is -1.94. The smallest absolute Gasteiger partial charge is 0.303 e. The van der Waals surface area contributed by atoms with Crippen LogP contribution in [-0.4, -0.2) is 18.4 Å². The second kappa shape index (κ2) is 6.48. The summed E-state index contributed by atoms with van der Waals surface area (Å²) in [6.45, 7) is 1.07. The molecule has 2 aromatic rings. The van der Waals surface area contributed by atoms with Gasteiger partial charge in [-0.15, -0.1) is 0 Å². The van der Waals surface area contributed by atoms with Gasteiger partial charge < -0.3 is 4.74 Å². The summed E-state index contributed by atoms with van der Waals surface area (Å²) in [6.07, 6.45) is 0. The van der Waals surface area contributed by atoms with E-state index in [4.69, 9.17) is 4.74 Å². The molecule has 0 fully saturated rings. The lowest BCUT2D eigenvalue weighted by atomic mass is 10.0. The van der Waals surface area contributed by atoms with E-state index >= 15 is 0 Å². The quantitative estimate of drug-likeness (QED) is 0.630. The molecule has 0 atom stereocenters. The largest absolute Gasteiger partial charge is 0.457 e. The molecule has 2 aromatic carbocycles. The van der Waals surface area contributed by atoms with E-state index in [9.17, 15) is 9.59 Å². The van der Waals surface area contributed by atoms with Crippen LogP contribution in [0.5, 0.6) is 0 Å². The molecule has 0 aliphatic carbocycles. The van der Waals surface area contributed by atoms with Crippen molar-refractivity contribution >= 4 is 27.7 Å². The molecule has 0 heterocycles. The maximum atomic E-state index is 11.8. The normalized spacial score (nSPS) is 10.1. The maximum absolute atomic E-state index is 11.8. The third-order valence-corrected chi connectivity index (χ3v) is 3.32. The molecule has 0 N–H and O–H groups in total. The van der Waals surface area contributed by atoms with E-state index in [1.165, 1.54) is 6.92 Å². The fourth-order valence-electron chi connectivity index (χ4n) is 1.74. The molecule has 20 heavy (non-hydrogen) atoms. The average molecular weight is 333 g/mol. The number of rotatable bonds is 4. The van der Waals surface area contributed by atoms with Gasteiger partial charge in [-0.25, -0.2) is 0 Å². The van der Waals surface area contributed by atoms with Crippen molar-refractivity contribution in [3.05, 3.63) is 58.6 Å². The molecule has 4 heteroatoms. The van der Waals surface area contributed by atoms with Crippen LogP contribution in [0.3, 0.4) is 0 Å². The third kappa shape index (κ3) is 3.78. The van der Waals surface area contributed by atoms with Gasteiger partial charge in [-0.05, 0) is 23.3 Å². The summed E-state index contributed by atoms with van der Waals surface area (Å²) in [4.78, 5) is 22.4. The predicted molar refractivity (Wildman–Crippen MR) is 80.5 cm³/mol. The SMILES string of the molecule is CC(=O)OCC(=O)c1ccc(-c2ccc(Br)cc2)cc1. The van der Waals surface area contributed by atoms with Crippen molar-refractivity contribution in [3.8, 4) is 11.1 Å². The van der Waals surface area contributed by atoms with Crippen molar-refractivity contribution in [2.45, 2.75) is 6.92 Å². The van der Waals surface area contributed by atoms with Crippen LogP contribution in [0.1, 0.15) is 17.3 Å². The molecule has 0 saturated carbocycles. The summed E-state index contributed by atoms with van der Waals surface area (Å²) < 4.78 is 5.72. The number of esters is 1. The highest BCUT2D eigenvalue weighted by molar-refractivity contribution is 9.10. The Labute approximate surface area is 125 Å². The van der Waals surface area contributed by atoms with Gasteiger partial charge in [0, 0.05) is 17.0 Å². The summed E-state index contributed by atoms with van der Waals surface area (Å²) in [5.74, 6) is -0.660. The van der Waals surface area contributed by atoms with Gasteiger partial charge in [0.05, 0.1) is 0 Å². The van der Waals surface area contributed by atoms with Gasteiger partial charge in [-0.2, -0.15) is 0 Å². The maximum Gasteiger partial charge on any atom is 0.303 e. The molecule has 0 radical (unpaired) electrons. The van der Waals surface area contributed by atoms with Gasteiger partial charge in [0.2, 0.25) is 0 Å². The van der Waals surface area contributed by atoms with Gasteiger partial charge in [-0.1, -0.05) is 52.3 Å². The van der Waals surface area contributed by atoms with E-state index in [1.54, 1.807) is 12.1 Å². The molecule has 0 bridgehead atoms. The number of benzene rings is 2. The Balaban J connectivity index is 2.11. The summed E-state index contributed by atoms with van der Waals surface area (Å²) in [6, 6.07) is 15.2. The van der Waals surface area contributed by atoms with Crippen molar-refractivity contribution < 1.29 is 14.3 Å². The Kier molecular flexibility index (Phi) is 4.69. The van der Waals surface area contributed by atoms with E-state index in [-0.39, 0.29) is 12.4 Å². The molecule has 2 rings (SSSR count). The highest BCUT2D eigenvalue weighted by Gasteiger charge is 2.08. The van der Waals surface area contributed by atoms with Crippen molar-refractivity contribution in [1.29, 1.82) is 0 Å². The fourth-order valence-corrected chi connectivity index (χ4v) is 2.01. The van der Waals surface area contributed by atoms with Crippen LogP contribution in [0.2, 0.25) is 0 Å². The first kappa shape index (κ1) is 14.5. The third-order valence-electron chi connectivity index (χ3n) is 2.79. The van der Waals surface area contributed by atoms with Gasteiger partial charge in [-0.3, -0.25) is 9.59 Å². The first-order chi connectivity index (χ1) is 9.56. The molecular weight excluding hydrogens is 320 g/mol. The molecule has 0 saturated heterocycles. The first-order valence-corrected chi connectivity index (χ1v) is 6.88. The molecule has 0 unspecified atom stereocenters. The number of carbonyl (C=O) groups is 2. The number of hydrogen-bond donors (Lipinski definition) is 0. The molecule has 0 spiro atoms. The Morgan fingerprint density at radius 2 is 1.45 bits per heavy atom. The van der Waals surface area contributed by atoms with Crippen molar-refractivity contribution in [2.24, 2.45) is 0 Å². The van der Waals surface area contributed by atoms with Gasteiger partial charge in [0.15, 0.2) is 12.4 Å². The number of carbonyl (C=O) groups excluding carboxylic acids is 2. The molecule has 0 aliphatic rings. The van der Waals surface area contributed by atoms with Crippen LogP contribution in [0.4, 0.5) is 0 Å². The molecule has 0 amide bonds. The van der Waals surface area contributed by atoms with Crippen LogP contribution in [0.25, 0.3) is 11.1 Å². The number of halogens is 1. The number of Topliss-reactive ketones (excluding diaryl/α,β-unsaturated/α-hetero) is 1. The molecule has 102 valence electrons. The zero-order valence-corrected chi connectivity index (χ0v) is 12.5. The standard InChI is InChI=1S/C16H13BrO3/c1-11(18)20-10-16(19)14-4-2-12(3-5-14)13-6-8-15(17)9-7-13/h2-9H,10H2,1H3. The zero-order valence-electron chi connectivity index (χ0n) is 10.9. The number of ether oxygens (including phenoxy) is 1. The average Bonchev–Trinajstić information content (AvgIpc) is 2.46. The van der Waals surface area contributed by atoms with E-state index in [0.29, 0.717) is 5.56 Å². The first-order valence-electron chi connectivity index (χ1n) is 6.09. The van der Waals surface area contributed by atoms with Crippen LogP contribution in [0.15, 0.2) is 53.0 Å². The van der Waals surface area contributed by atoms with Crippen molar-refractivity contribution in [2.75, 3.05) is 6.61 Å². The van der Waals surface area contributed by atoms with E-state index in [1.807, 2.05) is 36.4 Å². The Morgan fingerprint density at radius 3 is 1.95 bits per heavy atom. The van der Waals surface area contributed by atoms with Crippen LogP contribution >= 0.6 is 15.9 Å². The van der Waals surface area contributed by atoms with E-state index in [2.05, 4.69) is 15.9 Å². The van der Waals surface area contributed by atoms with Crippen molar-refractivity contribution in [1.82, 2.24) is 0 Å². The number of ketones is 1. The summed E-state index contributed by atoms with van der Waals surface area (Å²) >= 11 is 3.39. The second-order valence-electron chi connectivity index (χ2n) is 4.29. The summed E-state index contributed by atoms with van der Waals surface area (Å²) in [5.41, 5.74) is 2.64. The van der Waals surface area contributed by atoms with Crippen LogP contribution < -0.4 is 0 Å². The molecule has 0 aliphatic heterocycles.